The van der Waals surface area contributed by atoms with Crippen molar-refractivity contribution < 1.29 is 26.4 Å². The number of sulfonamides is 1. The van der Waals surface area contributed by atoms with Gasteiger partial charge in [-0.05, 0) is 37.3 Å². The fourth-order valence-corrected chi connectivity index (χ4v) is 3.46. The molecule has 3 aromatic rings. The Hall–Kier alpha value is -3.94. The maximum Gasteiger partial charge on any atom is 0.421 e. The first-order chi connectivity index (χ1) is 16.5. The predicted octanol–water partition coefficient (Wildman–Crippen LogP) is 3.37. The van der Waals surface area contributed by atoms with E-state index in [1.165, 1.54) is 44.4 Å². The zero-order chi connectivity index (χ0) is 25.6. The molecule has 0 radical (unpaired) electrons. The van der Waals surface area contributed by atoms with Gasteiger partial charge in [0, 0.05) is 42.8 Å². The normalized spacial score (nSPS) is 11.6. The molecule has 4 N–H and O–H groups in total. The Kier molecular flexibility index (Phi) is 7.74. The number of aromatic nitrogens is 3. The van der Waals surface area contributed by atoms with Crippen LogP contribution in [0, 0.1) is 0 Å². The molecule has 1 amide bonds. The van der Waals surface area contributed by atoms with Gasteiger partial charge < -0.3 is 16.0 Å². The Labute approximate surface area is 199 Å². The highest BCUT2D eigenvalue weighted by Crippen LogP contribution is 2.34. The summed E-state index contributed by atoms with van der Waals surface area (Å²) in [6.45, 7) is 1.25. The van der Waals surface area contributed by atoms with E-state index >= 15 is 0 Å². The van der Waals surface area contributed by atoms with Crippen LogP contribution in [0.1, 0.15) is 28.4 Å². The summed E-state index contributed by atoms with van der Waals surface area (Å²) in [5.41, 5.74) is 0.0692. The van der Waals surface area contributed by atoms with Gasteiger partial charge in [0.05, 0.1) is 5.75 Å². The van der Waals surface area contributed by atoms with Gasteiger partial charge in [-0.1, -0.05) is 6.07 Å². The Morgan fingerprint density at radius 1 is 1.06 bits per heavy atom. The second-order valence-electron chi connectivity index (χ2n) is 7.11. The third-order valence-electron chi connectivity index (χ3n) is 4.69. The molecule has 0 aliphatic rings. The number of carbonyl (C=O) groups is 1. The lowest BCUT2D eigenvalue weighted by molar-refractivity contribution is -0.137. The van der Waals surface area contributed by atoms with Crippen LogP contribution in [0.25, 0.3) is 0 Å². The van der Waals surface area contributed by atoms with E-state index in [2.05, 4.69) is 35.6 Å². The van der Waals surface area contributed by atoms with E-state index in [4.69, 9.17) is 0 Å². The smallest absolute Gasteiger partial charge is 0.365 e. The third-order valence-corrected chi connectivity index (χ3v) is 5.96. The minimum Gasteiger partial charge on any atom is -0.365 e. The van der Waals surface area contributed by atoms with Gasteiger partial charge in [0.25, 0.3) is 5.91 Å². The molecule has 35 heavy (non-hydrogen) atoms. The summed E-state index contributed by atoms with van der Waals surface area (Å²) >= 11 is 0. The molecule has 10 nitrogen and oxygen atoms in total. The monoisotopic (exact) mass is 509 g/mol. The fraction of sp³-hybridized carbons (Fsp3) is 0.238. The summed E-state index contributed by atoms with van der Waals surface area (Å²) in [5.74, 6) is -1.11. The summed E-state index contributed by atoms with van der Waals surface area (Å²) < 4.78 is 66.8. The Morgan fingerprint density at radius 2 is 1.77 bits per heavy atom. The van der Waals surface area contributed by atoms with Crippen molar-refractivity contribution in [2.75, 3.05) is 28.2 Å². The van der Waals surface area contributed by atoms with Gasteiger partial charge in [-0.3, -0.25) is 9.52 Å². The quantitative estimate of drug-likeness (QED) is 0.345. The lowest BCUT2D eigenvalue weighted by atomic mass is 10.2. The summed E-state index contributed by atoms with van der Waals surface area (Å²) in [7, 11) is -2.15. The molecule has 2 heterocycles. The molecule has 0 saturated carbocycles. The van der Waals surface area contributed by atoms with Crippen molar-refractivity contribution in [1.29, 1.82) is 0 Å². The summed E-state index contributed by atoms with van der Waals surface area (Å²) in [5, 5.41) is 7.87. The molecule has 14 heteroatoms. The topological polar surface area (TPSA) is 138 Å². The number of pyridine rings is 1. The second-order valence-corrected chi connectivity index (χ2v) is 9.12. The van der Waals surface area contributed by atoms with Crippen molar-refractivity contribution in [1.82, 2.24) is 20.3 Å². The number of carbonyl (C=O) groups excluding carboxylic acids is 1. The summed E-state index contributed by atoms with van der Waals surface area (Å²) in [6.07, 6.45) is -2.74. The maximum absolute atomic E-state index is 13.6. The number of nitrogens with zero attached hydrogens (tertiary/aromatic N) is 3. The molecule has 0 atom stereocenters. The average molecular weight is 510 g/mol. The Balaban J connectivity index is 1.85. The van der Waals surface area contributed by atoms with Crippen LogP contribution in [0.5, 0.6) is 0 Å². The van der Waals surface area contributed by atoms with Crippen molar-refractivity contribution in [3.63, 3.8) is 0 Å². The van der Waals surface area contributed by atoms with Gasteiger partial charge in [-0.15, -0.1) is 0 Å². The standard InChI is InChI=1S/C21H22F3N7O3S/c1-3-35(33,34)31-17-14(5-4-10-26-17)11-27-18-16(21(22,23)24)12-28-20(30-18)29-15-8-6-13(7-9-15)19(32)25-2/h4-10,12H,3,11H2,1-2H3,(H,25,32)(H,26,31)(H2,27,28,29,30). The molecule has 0 spiro atoms. The number of benzene rings is 1. The van der Waals surface area contributed by atoms with E-state index in [1.807, 2.05) is 0 Å². The molecule has 0 unspecified atom stereocenters. The SMILES string of the molecule is CCS(=O)(=O)Nc1ncccc1CNc1nc(Nc2ccc(C(=O)NC)cc2)ncc1C(F)(F)F. The Bertz CT molecular complexity index is 1300. The van der Waals surface area contributed by atoms with Gasteiger partial charge in [-0.2, -0.15) is 18.2 Å². The predicted molar refractivity (Wildman–Crippen MR) is 125 cm³/mol. The number of hydrogen-bond acceptors (Lipinski definition) is 8. The van der Waals surface area contributed by atoms with Crippen LogP contribution in [-0.2, 0) is 22.7 Å². The lowest BCUT2D eigenvalue weighted by Crippen LogP contribution is -2.18. The molecule has 0 aliphatic heterocycles. The first-order valence-electron chi connectivity index (χ1n) is 10.2. The average Bonchev–Trinajstić information content (AvgIpc) is 2.82. The van der Waals surface area contributed by atoms with E-state index in [1.54, 1.807) is 12.1 Å². The van der Waals surface area contributed by atoms with Crippen LogP contribution < -0.4 is 20.7 Å². The number of nitrogens with one attached hydrogen (secondary N) is 4. The Morgan fingerprint density at radius 3 is 2.40 bits per heavy atom. The van der Waals surface area contributed by atoms with Crippen molar-refractivity contribution in [3.8, 4) is 0 Å². The highest BCUT2D eigenvalue weighted by molar-refractivity contribution is 7.92. The maximum atomic E-state index is 13.6. The summed E-state index contributed by atoms with van der Waals surface area (Å²) in [4.78, 5) is 23.3. The first-order valence-corrected chi connectivity index (χ1v) is 11.9. The molecule has 3 rings (SSSR count). The van der Waals surface area contributed by atoms with E-state index in [0.29, 0.717) is 23.0 Å². The van der Waals surface area contributed by atoms with Crippen LogP contribution in [0.2, 0.25) is 0 Å². The number of halogens is 3. The van der Waals surface area contributed by atoms with Gasteiger partial charge in [0.2, 0.25) is 16.0 Å². The molecule has 0 fully saturated rings. The van der Waals surface area contributed by atoms with Crippen molar-refractivity contribution >= 4 is 39.2 Å². The van der Waals surface area contributed by atoms with E-state index in [9.17, 15) is 26.4 Å². The van der Waals surface area contributed by atoms with Crippen molar-refractivity contribution in [2.24, 2.45) is 0 Å². The van der Waals surface area contributed by atoms with Gasteiger partial charge in [-0.25, -0.2) is 18.4 Å². The first kappa shape index (κ1) is 25.7. The molecule has 186 valence electrons. The minimum absolute atomic E-state index is 0.000908. The van der Waals surface area contributed by atoms with Crippen LogP contribution in [0.3, 0.4) is 0 Å². The molecule has 0 saturated heterocycles. The van der Waals surface area contributed by atoms with Crippen LogP contribution >= 0.6 is 0 Å². The largest absolute Gasteiger partial charge is 0.421 e. The lowest BCUT2D eigenvalue weighted by Gasteiger charge is -2.16. The summed E-state index contributed by atoms with van der Waals surface area (Å²) in [6, 6.07) is 9.23. The van der Waals surface area contributed by atoms with Gasteiger partial charge in [0.1, 0.15) is 17.2 Å². The number of hydrogen-bond donors (Lipinski definition) is 4. The van der Waals surface area contributed by atoms with E-state index in [0.717, 1.165) is 0 Å². The van der Waals surface area contributed by atoms with Crippen molar-refractivity contribution in [2.45, 2.75) is 19.6 Å². The molecule has 0 bridgehead atoms. The fourth-order valence-electron chi connectivity index (χ4n) is 2.83. The van der Waals surface area contributed by atoms with E-state index in [-0.39, 0.29) is 30.0 Å². The highest BCUT2D eigenvalue weighted by atomic mass is 32.2. The highest BCUT2D eigenvalue weighted by Gasteiger charge is 2.35. The molecular formula is C21H22F3N7O3S. The van der Waals surface area contributed by atoms with Crippen LogP contribution in [-0.4, -0.2) is 42.1 Å². The zero-order valence-electron chi connectivity index (χ0n) is 18.6. The van der Waals surface area contributed by atoms with E-state index < -0.39 is 27.6 Å². The molecule has 1 aromatic carbocycles. The molecule has 0 aliphatic carbocycles. The van der Waals surface area contributed by atoms with Crippen LogP contribution in [0.15, 0.2) is 48.8 Å². The number of rotatable bonds is 9. The second kappa shape index (κ2) is 10.5. The zero-order valence-corrected chi connectivity index (χ0v) is 19.5. The third kappa shape index (κ3) is 6.79. The van der Waals surface area contributed by atoms with Gasteiger partial charge in [0.15, 0.2) is 0 Å². The molecular weight excluding hydrogens is 487 g/mol. The number of anilines is 4. The molecule has 2 aromatic heterocycles. The minimum atomic E-state index is -4.74. The van der Waals surface area contributed by atoms with Gasteiger partial charge >= 0.3 is 6.18 Å². The van der Waals surface area contributed by atoms with Crippen LogP contribution in [0.4, 0.5) is 36.4 Å². The number of alkyl halides is 3. The number of amides is 1. The van der Waals surface area contributed by atoms with Crippen molar-refractivity contribution in [3.05, 3.63) is 65.5 Å².